The van der Waals surface area contributed by atoms with E-state index in [-0.39, 0.29) is 24.0 Å². The van der Waals surface area contributed by atoms with Gasteiger partial charge < -0.3 is 15.4 Å². The van der Waals surface area contributed by atoms with Gasteiger partial charge in [-0.25, -0.2) is 9.98 Å². The number of aliphatic imine (C=N–C) groups is 1. The van der Waals surface area contributed by atoms with Crippen LogP contribution in [0.15, 0.2) is 23.3 Å². The number of pyridine rings is 1. The molecule has 0 saturated heterocycles. The number of guanidine groups is 1. The summed E-state index contributed by atoms with van der Waals surface area (Å²) >= 11 is 0. The topological polar surface area (TPSA) is 58.5 Å². The molecule has 0 fully saturated rings. The first-order valence-electron chi connectivity index (χ1n) is 5.74. The van der Waals surface area contributed by atoms with E-state index in [9.17, 15) is 0 Å². The normalized spacial score (nSPS) is 10.1. The highest BCUT2D eigenvalue weighted by atomic mass is 127. The fourth-order valence-electron chi connectivity index (χ4n) is 1.31. The minimum atomic E-state index is 0. The van der Waals surface area contributed by atoms with E-state index in [1.54, 1.807) is 13.3 Å². The Balaban J connectivity index is 0.00000324. The minimum Gasteiger partial charge on any atom is -0.481 e. The molecule has 2 N–H and O–H groups in total. The Labute approximate surface area is 131 Å². The molecule has 0 bridgehead atoms. The molecular weight excluding hydrogens is 355 g/mol. The van der Waals surface area contributed by atoms with E-state index in [1.165, 1.54) is 0 Å². The third-order valence-corrected chi connectivity index (χ3v) is 2.13. The van der Waals surface area contributed by atoms with Crippen LogP contribution in [0.2, 0.25) is 0 Å². The fraction of sp³-hybridized carbons (Fsp3) is 0.385. The molecule has 1 rings (SSSR count). The van der Waals surface area contributed by atoms with Crippen LogP contribution >= 0.6 is 24.0 Å². The van der Waals surface area contributed by atoms with Gasteiger partial charge in [0, 0.05) is 18.8 Å². The van der Waals surface area contributed by atoms with Gasteiger partial charge in [-0.15, -0.1) is 30.4 Å². The zero-order valence-electron chi connectivity index (χ0n) is 11.1. The van der Waals surface area contributed by atoms with Gasteiger partial charge in [0.2, 0.25) is 5.88 Å². The molecule has 0 radical (unpaired) electrons. The fourth-order valence-corrected chi connectivity index (χ4v) is 1.31. The third kappa shape index (κ3) is 6.86. The first-order chi connectivity index (χ1) is 8.80. The van der Waals surface area contributed by atoms with Crippen LogP contribution in [0, 0.1) is 12.3 Å². The highest BCUT2D eigenvalue weighted by Gasteiger charge is 1.98. The number of methoxy groups -OCH3 is 1. The first kappa shape index (κ1) is 17.5. The van der Waals surface area contributed by atoms with Crippen LogP contribution in [0.3, 0.4) is 0 Å². The van der Waals surface area contributed by atoms with Crippen molar-refractivity contribution in [2.75, 3.05) is 20.2 Å². The van der Waals surface area contributed by atoms with E-state index in [1.807, 2.05) is 19.1 Å². The van der Waals surface area contributed by atoms with Crippen molar-refractivity contribution in [2.45, 2.75) is 13.5 Å². The SMILES string of the molecule is C#CCNC(=NCc1ccnc(OC)c1)NCC.I. The maximum Gasteiger partial charge on any atom is 0.213 e. The van der Waals surface area contributed by atoms with E-state index in [4.69, 9.17) is 11.2 Å². The van der Waals surface area contributed by atoms with Crippen molar-refractivity contribution in [2.24, 2.45) is 4.99 Å². The summed E-state index contributed by atoms with van der Waals surface area (Å²) in [6.45, 7) is 3.78. The number of hydrogen-bond donors (Lipinski definition) is 2. The zero-order valence-corrected chi connectivity index (χ0v) is 13.5. The second-order valence-electron chi connectivity index (χ2n) is 3.46. The molecule has 1 heterocycles. The van der Waals surface area contributed by atoms with Gasteiger partial charge in [-0.05, 0) is 18.6 Å². The number of aromatic nitrogens is 1. The van der Waals surface area contributed by atoms with Crippen LogP contribution in [-0.4, -0.2) is 31.1 Å². The summed E-state index contributed by atoms with van der Waals surface area (Å²) in [6, 6.07) is 3.75. The summed E-state index contributed by atoms with van der Waals surface area (Å²) in [4.78, 5) is 8.45. The lowest BCUT2D eigenvalue weighted by atomic mass is 10.3. The standard InChI is InChI=1S/C13H18N4O.HI/c1-4-7-16-13(14-5-2)17-10-11-6-8-15-12(9-11)18-3;/h1,6,8-9H,5,7,10H2,2-3H3,(H2,14,16,17);1H. The molecule has 0 unspecified atom stereocenters. The van der Waals surface area contributed by atoms with Crippen molar-refractivity contribution in [1.82, 2.24) is 15.6 Å². The van der Waals surface area contributed by atoms with Gasteiger partial charge in [0.1, 0.15) is 0 Å². The molecule has 0 saturated carbocycles. The van der Waals surface area contributed by atoms with Crippen molar-refractivity contribution >= 4 is 29.9 Å². The largest absolute Gasteiger partial charge is 0.481 e. The predicted molar refractivity (Wildman–Crippen MR) is 87.9 cm³/mol. The highest BCUT2D eigenvalue weighted by molar-refractivity contribution is 14.0. The van der Waals surface area contributed by atoms with E-state index in [2.05, 4.69) is 26.5 Å². The first-order valence-corrected chi connectivity index (χ1v) is 5.74. The number of ether oxygens (including phenoxy) is 1. The van der Waals surface area contributed by atoms with Gasteiger partial charge in [-0.2, -0.15) is 0 Å². The van der Waals surface area contributed by atoms with Crippen LogP contribution in [-0.2, 0) is 6.54 Å². The number of nitrogens with zero attached hydrogens (tertiary/aromatic N) is 2. The second-order valence-corrected chi connectivity index (χ2v) is 3.46. The van der Waals surface area contributed by atoms with Crippen LogP contribution in [0.4, 0.5) is 0 Å². The lowest BCUT2D eigenvalue weighted by molar-refractivity contribution is 0.397. The number of terminal acetylenes is 1. The van der Waals surface area contributed by atoms with Gasteiger partial charge in [0.25, 0.3) is 0 Å². The summed E-state index contributed by atoms with van der Waals surface area (Å²) in [5, 5.41) is 6.14. The van der Waals surface area contributed by atoms with Crippen molar-refractivity contribution in [3.63, 3.8) is 0 Å². The molecule has 0 aliphatic rings. The number of halogens is 1. The Kier molecular flexibility index (Phi) is 9.62. The molecule has 19 heavy (non-hydrogen) atoms. The van der Waals surface area contributed by atoms with Crippen LogP contribution in [0.5, 0.6) is 5.88 Å². The average molecular weight is 374 g/mol. The van der Waals surface area contributed by atoms with E-state index >= 15 is 0 Å². The Morgan fingerprint density at radius 2 is 2.32 bits per heavy atom. The maximum atomic E-state index is 5.20. The Bertz CT molecular complexity index is 443. The Morgan fingerprint density at radius 3 is 2.95 bits per heavy atom. The van der Waals surface area contributed by atoms with Crippen LogP contribution in [0.25, 0.3) is 0 Å². The smallest absolute Gasteiger partial charge is 0.213 e. The summed E-state index contributed by atoms with van der Waals surface area (Å²) in [6.07, 6.45) is 6.90. The molecule has 0 aliphatic heterocycles. The van der Waals surface area contributed by atoms with Crippen LogP contribution < -0.4 is 15.4 Å². The molecule has 0 amide bonds. The number of hydrogen-bond acceptors (Lipinski definition) is 3. The summed E-state index contributed by atoms with van der Waals surface area (Å²) in [7, 11) is 1.59. The summed E-state index contributed by atoms with van der Waals surface area (Å²) in [5.41, 5.74) is 1.03. The third-order valence-electron chi connectivity index (χ3n) is 2.13. The van der Waals surface area contributed by atoms with Crippen LogP contribution in [0.1, 0.15) is 12.5 Å². The lowest BCUT2D eigenvalue weighted by Gasteiger charge is -2.08. The molecule has 0 spiro atoms. The molecule has 5 nitrogen and oxygen atoms in total. The van der Waals surface area contributed by atoms with Crippen molar-refractivity contribution < 1.29 is 4.74 Å². The number of rotatable bonds is 5. The average Bonchev–Trinajstić information content (AvgIpc) is 2.42. The quantitative estimate of drug-likeness (QED) is 0.354. The minimum absolute atomic E-state index is 0. The molecule has 1 aromatic rings. The van der Waals surface area contributed by atoms with Gasteiger partial charge >= 0.3 is 0 Å². The molecule has 0 atom stereocenters. The van der Waals surface area contributed by atoms with Gasteiger partial charge in [0.15, 0.2) is 5.96 Å². The molecule has 104 valence electrons. The van der Waals surface area contributed by atoms with E-state index < -0.39 is 0 Å². The molecule has 0 aromatic carbocycles. The van der Waals surface area contributed by atoms with Gasteiger partial charge in [0.05, 0.1) is 20.2 Å². The number of nitrogens with one attached hydrogen (secondary N) is 2. The zero-order chi connectivity index (χ0) is 13.2. The molecular formula is C13H19IN4O. The molecule has 6 heteroatoms. The Hall–Kier alpha value is -1.49. The molecule has 1 aromatic heterocycles. The molecule has 0 aliphatic carbocycles. The lowest BCUT2D eigenvalue weighted by Crippen LogP contribution is -2.37. The monoisotopic (exact) mass is 374 g/mol. The summed E-state index contributed by atoms with van der Waals surface area (Å²) in [5.74, 6) is 3.80. The summed E-state index contributed by atoms with van der Waals surface area (Å²) < 4.78 is 5.06. The van der Waals surface area contributed by atoms with Crippen molar-refractivity contribution in [3.05, 3.63) is 23.9 Å². The predicted octanol–water partition coefficient (Wildman–Crippen LogP) is 1.40. The van der Waals surface area contributed by atoms with E-state index in [0.717, 1.165) is 12.1 Å². The Morgan fingerprint density at radius 1 is 1.53 bits per heavy atom. The maximum absolute atomic E-state index is 5.20. The van der Waals surface area contributed by atoms with Gasteiger partial charge in [-0.3, -0.25) is 0 Å². The van der Waals surface area contributed by atoms with Gasteiger partial charge in [-0.1, -0.05) is 5.92 Å². The highest BCUT2D eigenvalue weighted by Crippen LogP contribution is 2.09. The van der Waals surface area contributed by atoms with E-state index in [0.29, 0.717) is 24.9 Å². The second kappa shape index (κ2) is 10.4. The van der Waals surface area contributed by atoms with Crippen molar-refractivity contribution in [3.8, 4) is 18.2 Å². The van der Waals surface area contributed by atoms with Crippen molar-refractivity contribution in [1.29, 1.82) is 0 Å².